The van der Waals surface area contributed by atoms with Gasteiger partial charge in [0.1, 0.15) is 0 Å². The van der Waals surface area contributed by atoms with E-state index in [9.17, 15) is 9.59 Å². The molecule has 1 aliphatic heterocycles. The van der Waals surface area contributed by atoms with Crippen LogP contribution in [0.2, 0.25) is 5.02 Å². The Labute approximate surface area is 165 Å². The maximum Gasteiger partial charge on any atom is 0.419 e. The first kappa shape index (κ1) is 18.3. The monoisotopic (exact) mass is 405 g/mol. The van der Waals surface area contributed by atoms with Crippen LogP contribution in [0.4, 0.5) is 0 Å². The van der Waals surface area contributed by atoms with Gasteiger partial charge in [0, 0.05) is 56.8 Å². The van der Waals surface area contributed by atoms with Crippen LogP contribution in [-0.2, 0) is 17.9 Å². The molecule has 0 atom stereocenters. The van der Waals surface area contributed by atoms with Crippen LogP contribution in [-0.4, -0.2) is 46.5 Å². The van der Waals surface area contributed by atoms with Crippen LogP contribution in [0, 0.1) is 0 Å². The molecule has 0 unspecified atom stereocenters. The summed E-state index contributed by atoms with van der Waals surface area (Å²) >= 11 is 7.64. The summed E-state index contributed by atoms with van der Waals surface area (Å²) in [5, 5.41) is 4.77. The Hall–Kier alpha value is -2.09. The zero-order valence-corrected chi connectivity index (χ0v) is 16.3. The fourth-order valence-corrected chi connectivity index (χ4v) is 4.24. The summed E-state index contributed by atoms with van der Waals surface area (Å²) in [6.07, 6.45) is 0.279. The van der Waals surface area contributed by atoms with Gasteiger partial charge in [-0.2, -0.15) is 11.3 Å². The van der Waals surface area contributed by atoms with Crippen molar-refractivity contribution in [3.8, 4) is 0 Å². The number of hydrogen-bond donors (Lipinski definition) is 0. The van der Waals surface area contributed by atoms with E-state index in [1.807, 2.05) is 4.90 Å². The van der Waals surface area contributed by atoms with Crippen molar-refractivity contribution in [2.75, 3.05) is 26.2 Å². The van der Waals surface area contributed by atoms with Gasteiger partial charge in [-0.05, 0) is 34.5 Å². The number of benzene rings is 1. The van der Waals surface area contributed by atoms with Crippen LogP contribution in [0.15, 0.2) is 44.2 Å². The first-order valence-corrected chi connectivity index (χ1v) is 10.2. The molecule has 1 fully saturated rings. The van der Waals surface area contributed by atoms with E-state index in [2.05, 4.69) is 21.7 Å². The number of carbonyl (C=O) groups is 1. The molecule has 0 aliphatic carbocycles. The molecule has 3 aromatic rings. The fourth-order valence-electron chi connectivity index (χ4n) is 3.41. The molecule has 3 heterocycles. The number of halogens is 1. The zero-order chi connectivity index (χ0) is 18.8. The SMILES string of the molecule is O=C(CCn1c(=O)oc2cc(Cl)ccc21)N1CCN(Cc2ccsc2)CC1. The Kier molecular flexibility index (Phi) is 5.33. The molecule has 2 aromatic heterocycles. The lowest BCUT2D eigenvalue weighted by molar-refractivity contribution is -0.133. The lowest BCUT2D eigenvalue weighted by Crippen LogP contribution is -2.48. The number of thiophene rings is 1. The average Bonchev–Trinajstić information content (AvgIpc) is 3.27. The Morgan fingerprint density at radius 1 is 1.19 bits per heavy atom. The standard InChI is InChI=1S/C19H20ClN3O3S/c20-15-1-2-16-17(11-15)26-19(25)23(16)5-3-18(24)22-8-6-21(7-9-22)12-14-4-10-27-13-14/h1-2,4,10-11,13H,3,5-9,12H2. The Balaban J connectivity index is 1.33. The van der Waals surface area contributed by atoms with E-state index in [1.54, 1.807) is 29.5 Å². The van der Waals surface area contributed by atoms with Crippen LogP contribution in [0.25, 0.3) is 11.1 Å². The summed E-state index contributed by atoms with van der Waals surface area (Å²) < 4.78 is 6.71. The lowest BCUT2D eigenvalue weighted by atomic mass is 10.2. The van der Waals surface area contributed by atoms with E-state index >= 15 is 0 Å². The number of aromatic nitrogens is 1. The third-order valence-corrected chi connectivity index (χ3v) is 5.86. The van der Waals surface area contributed by atoms with Crippen molar-refractivity contribution in [2.24, 2.45) is 0 Å². The minimum atomic E-state index is -0.458. The van der Waals surface area contributed by atoms with Crippen molar-refractivity contribution < 1.29 is 9.21 Å². The molecule has 6 nitrogen and oxygen atoms in total. The van der Waals surface area contributed by atoms with Gasteiger partial charge in [0.25, 0.3) is 0 Å². The molecule has 1 amide bonds. The average molecular weight is 406 g/mol. The first-order chi connectivity index (χ1) is 13.1. The highest BCUT2D eigenvalue weighted by molar-refractivity contribution is 7.07. The second kappa shape index (κ2) is 7.88. The van der Waals surface area contributed by atoms with Gasteiger partial charge in [0.15, 0.2) is 5.58 Å². The van der Waals surface area contributed by atoms with Crippen LogP contribution in [0.5, 0.6) is 0 Å². The zero-order valence-electron chi connectivity index (χ0n) is 14.8. The van der Waals surface area contributed by atoms with Gasteiger partial charge < -0.3 is 9.32 Å². The lowest BCUT2D eigenvalue weighted by Gasteiger charge is -2.34. The summed E-state index contributed by atoms with van der Waals surface area (Å²) in [6, 6.07) is 7.21. The molecule has 0 saturated carbocycles. The van der Waals surface area contributed by atoms with E-state index in [-0.39, 0.29) is 12.3 Å². The summed E-state index contributed by atoms with van der Waals surface area (Å²) in [5.41, 5.74) is 2.44. The molecule has 1 saturated heterocycles. The molecule has 142 valence electrons. The van der Waals surface area contributed by atoms with E-state index in [1.165, 1.54) is 10.1 Å². The van der Waals surface area contributed by atoms with Crippen molar-refractivity contribution in [3.05, 3.63) is 56.2 Å². The molecular formula is C19H20ClN3O3S. The fraction of sp³-hybridized carbons (Fsp3) is 0.368. The minimum Gasteiger partial charge on any atom is -0.408 e. The van der Waals surface area contributed by atoms with E-state index in [0.29, 0.717) is 22.7 Å². The maximum atomic E-state index is 12.6. The van der Waals surface area contributed by atoms with Gasteiger partial charge in [0.05, 0.1) is 5.52 Å². The number of amides is 1. The highest BCUT2D eigenvalue weighted by Gasteiger charge is 2.21. The Morgan fingerprint density at radius 3 is 2.74 bits per heavy atom. The number of fused-ring (bicyclic) bond motifs is 1. The predicted molar refractivity (Wildman–Crippen MR) is 106 cm³/mol. The molecule has 0 radical (unpaired) electrons. The number of piperazine rings is 1. The van der Waals surface area contributed by atoms with Gasteiger partial charge in [-0.3, -0.25) is 14.3 Å². The van der Waals surface area contributed by atoms with Crippen molar-refractivity contribution >= 4 is 39.9 Å². The van der Waals surface area contributed by atoms with Gasteiger partial charge in [-0.1, -0.05) is 11.6 Å². The third-order valence-electron chi connectivity index (χ3n) is 4.89. The first-order valence-electron chi connectivity index (χ1n) is 8.90. The molecule has 27 heavy (non-hydrogen) atoms. The summed E-state index contributed by atoms with van der Waals surface area (Å²) in [7, 11) is 0. The van der Waals surface area contributed by atoms with Crippen LogP contribution >= 0.6 is 22.9 Å². The maximum absolute atomic E-state index is 12.6. The van der Waals surface area contributed by atoms with E-state index < -0.39 is 5.76 Å². The third kappa shape index (κ3) is 4.10. The molecule has 0 N–H and O–H groups in total. The second-order valence-electron chi connectivity index (χ2n) is 6.67. The highest BCUT2D eigenvalue weighted by atomic mass is 35.5. The molecular weight excluding hydrogens is 386 g/mol. The minimum absolute atomic E-state index is 0.0698. The van der Waals surface area contributed by atoms with Gasteiger partial charge in [-0.15, -0.1) is 0 Å². The molecule has 8 heteroatoms. The molecule has 0 spiro atoms. The smallest absolute Gasteiger partial charge is 0.408 e. The van der Waals surface area contributed by atoms with Gasteiger partial charge in [-0.25, -0.2) is 4.79 Å². The number of carbonyl (C=O) groups excluding carboxylic acids is 1. The van der Waals surface area contributed by atoms with Crippen LogP contribution < -0.4 is 5.76 Å². The topological polar surface area (TPSA) is 58.7 Å². The molecule has 4 rings (SSSR count). The number of hydrogen-bond acceptors (Lipinski definition) is 5. The number of oxazole rings is 1. The highest BCUT2D eigenvalue weighted by Crippen LogP contribution is 2.19. The Bertz CT molecular complexity index is 987. The van der Waals surface area contributed by atoms with Crippen molar-refractivity contribution in [1.29, 1.82) is 0 Å². The number of rotatable bonds is 5. The Morgan fingerprint density at radius 2 is 2.00 bits per heavy atom. The molecule has 1 aliphatic rings. The van der Waals surface area contributed by atoms with Crippen LogP contribution in [0.1, 0.15) is 12.0 Å². The van der Waals surface area contributed by atoms with Crippen LogP contribution in [0.3, 0.4) is 0 Å². The largest absolute Gasteiger partial charge is 0.419 e. The van der Waals surface area contributed by atoms with E-state index in [4.69, 9.17) is 16.0 Å². The van der Waals surface area contributed by atoms with E-state index in [0.717, 1.165) is 32.7 Å². The van der Waals surface area contributed by atoms with Crippen molar-refractivity contribution in [1.82, 2.24) is 14.4 Å². The molecule has 1 aromatic carbocycles. The number of aryl methyl sites for hydroxylation is 1. The van der Waals surface area contributed by atoms with Gasteiger partial charge in [0.2, 0.25) is 5.91 Å². The second-order valence-corrected chi connectivity index (χ2v) is 7.89. The quantitative estimate of drug-likeness (QED) is 0.654. The normalized spacial score (nSPS) is 15.5. The number of nitrogens with zero attached hydrogens (tertiary/aromatic N) is 3. The summed E-state index contributed by atoms with van der Waals surface area (Å²) in [4.78, 5) is 28.9. The summed E-state index contributed by atoms with van der Waals surface area (Å²) in [5.74, 6) is -0.388. The molecule has 0 bridgehead atoms. The summed E-state index contributed by atoms with van der Waals surface area (Å²) in [6.45, 7) is 4.43. The van der Waals surface area contributed by atoms with Crippen molar-refractivity contribution in [3.63, 3.8) is 0 Å². The van der Waals surface area contributed by atoms with Crippen molar-refractivity contribution in [2.45, 2.75) is 19.5 Å². The van der Waals surface area contributed by atoms with Gasteiger partial charge >= 0.3 is 5.76 Å². The predicted octanol–water partition coefficient (Wildman–Crippen LogP) is 3.04.